The predicted octanol–water partition coefficient (Wildman–Crippen LogP) is 3.84. The summed E-state index contributed by atoms with van der Waals surface area (Å²) < 4.78 is 13.2. The summed E-state index contributed by atoms with van der Waals surface area (Å²) in [6.45, 7) is 0.915. The quantitative estimate of drug-likeness (QED) is 0.623. The molecule has 0 spiro atoms. The molecule has 0 saturated heterocycles. The van der Waals surface area contributed by atoms with Crippen molar-refractivity contribution in [1.29, 1.82) is 0 Å². The minimum absolute atomic E-state index is 0.374. The number of esters is 1. The Morgan fingerprint density at radius 3 is 2.67 bits per heavy atom. The fourth-order valence-electron chi connectivity index (χ4n) is 2.49. The van der Waals surface area contributed by atoms with Gasteiger partial charge in [0.2, 0.25) is 0 Å². The van der Waals surface area contributed by atoms with E-state index in [4.69, 9.17) is 9.47 Å². The summed E-state index contributed by atoms with van der Waals surface area (Å²) in [6.07, 6.45) is 0. The van der Waals surface area contributed by atoms with Crippen molar-refractivity contribution in [1.82, 2.24) is 9.55 Å². The average molecular weight is 389 g/mol. The Balaban J connectivity index is 1.83. The number of fused-ring (bicyclic) bond motifs is 1. The lowest BCUT2D eigenvalue weighted by Gasteiger charge is -2.05. The van der Waals surface area contributed by atoms with Crippen LogP contribution in [0.4, 0.5) is 0 Å². The van der Waals surface area contributed by atoms with Crippen molar-refractivity contribution in [2.45, 2.75) is 13.2 Å². The summed E-state index contributed by atoms with van der Waals surface area (Å²) in [7, 11) is 3.27. The van der Waals surface area contributed by atoms with Crippen molar-refractivity contribution in [3.63, 3.8) is 0 Å². The van der Waals surface area contributed by atoms with Gasteiger partial charge in [0.25, 0.3) is 0 Å². The standard InChI is InChI=1S/C18H17BrN2O3/c1-21-15-9-13(18(22)23-2)8-14(19)17(15)20-16(21)11-24-10-12-6-4-3-5-7-12/h3-9H,10-11H2,1-2H3. The lowest BCUT2D eigenvalue weighted by Crippen LogP contribution is -2.03. The minimum Gasteiger partial charge on any atom is -0.465 e. The number of aryl methyl sites for hydroxylation is 1. The molecule has 0 bridgehead atoms. The van der Waals surface area contributed by atoms with E-state index in [2.05, 4.69) is 20.9 Å². The van der Waals surface area contributed by atoms with Crippen LogP contribution in [0.5, 0.6) is 0 Å². The highest BCUT2D eigenvalue weighted by atomic mass is 79.9. The van der Waals surface area contributed by atoms with E-state index in [1.807, 2.05) is 41.9 Å². The van der Waals surface area contributed by atoms with E-state index >= 15 is 0 Å². The van der Waals surface area contributed by atoms with E-state index in [0.29, 0.717) is 18.8 Å². The molecule has 2 aromatic carbocycles. The van der Waals surface area contributed by atoms with Crippen LogP contribution in [0.25, 0.3) is 11.0 Å². The number of benzene rings is 2. The van der Waals surface area contributed by atoms with Crippen LogP contribution in [-0.2, 0) is 29.7 Å². The second kappa shape index (κ2) is 7.15. The molecular weight excluding hydrogens is 372 g/mol. The topological polar surface area (TPSA) is 53.4 Å². The van der Waals surface area contributed by atoms with Gasteiger partial charge in [-0.15, -0.1) is 0 Å². The third-order valence-corrected chi connectivity index (χ3v) is 4.40. The summed E-state index contributed by atoms with van der Waals surface area (Å²) in [6, 6.07) is 13.5. The van der Waals surface area contributed by atoms with Crippen molar-refractivity contribution >= 4 is 32.9 Å². The average Bonchev–Trinajstić information content (AvgIpc) is 2.92. The SMILES string of the molecule is COC(=O)c1cc(Br)c2nc(COCc3ccccc3)n(C)c2c1. The van der Waals surface area contributed by atoms with Crippen LogP contribution >= 0.6 is 15.9 Å². The number of imidazole rings is 1. The maximum Gasteiger partial charge on any atom is 0.337 e. The van der Waals surface area contributed by atoms with Crippen LogP contribution in [0.1, 0.15) is 21.7 Å². The highest BCUT2D eigenvalue weighted by molar-refractivity contribution is 9.10. The molecular formula is C18H17BrN2O3. The molecule has 6 heteroatoms. The fourth-order valence-corrected chi connectivity index (χ4v) is 3.03. The van der Waals surface area contributed by atoms with Gasteiger partial charge in [-0.05, 0) is 33.6 Å². The second-order valence-electron chi connectivity index (χ2n) is 5.38. The highest BCUT2D eigenvalue weighted by Gasteiger charge is 2.15. The Kier molecular flexibility index (Phi) is 4.97. The molecule has 1 aromatic heterocycles. The van der Waals surface area contributed by atoms with E-state index in [1.54, 1.807) is 12.1 Å². The number of hydrogen-bond acceptors (Lipinski definition) is 4. The van der Waals surface area contributed by atoms with Crippen LogP contribution < -0.4 is 0 Å². The Bertz CT molecular complexity index is 875. The maximum absolute atomic E-state index is 11.8. The van der Waals surface area contributed by atoms with Crippen LogP contribution in [-0.4, -0.2) is 22.6 Å². The number of hydrogen-bond donors (Lipinski definition) is 0. The molecule has 0 N–H and O–H groups in total. The zero-order chi connectivity index (χ0) is 17.1. The lowest BCUT2D eigenvalue weighted by atomic mass is 10.2. The molecule has 0 saturated carbocycles. The molecule has 3 rings (SSSR count). The van der Waals surface area contributed by atoms with E-state index in [0.717, 1.165) is 26.9 Å². The second-order valence-corrected chi connectivity index (χ2v) is 6.24. The molecule has 0 aliphatic rings. The lowest BCUT2D eigenvalue weighted by molar-refractivity contribution is 0.0601. The maximum atomic E-state index is 11.8. The molecule has 0 aliphatic heterocycles. The molecule has 0 amide bonds. The number of aromatic nitrogens is 2. The summed E-state index contributed by atoms with van der Waals surface area (Å²) >= 11 is 3.47. The summed E-state index contributed by atoms with van der Waals surface area (Å²) in [4.78, 5) is 16.4. The highest BCUT2D eigenvalue weighted by Crippen LogP contribution is 2.26. The van der Waals surface area contributed by atoms with Crippen molar-refractivity contribution in [2.24, 2.45) is 7.05 Å². The zero-order valence-corrected chi connectivity index (χ0v) is 15.0. The largest absolute Gasteiger partial charge is 0.465 e. The first-order chi connectivity index (χ1) is 11.6. The van der Waals surface area contributed by atoms with Crippen LogP contribution in [0, 0.1) is 0 Å². The van der Waals surface area contributed by atoms with Gasteiger partial charge in [-0.25, -0.2) is 9.78 Å². The minimum atomic E-state index is -0.374. The predicted molar refractivity (Wildman–Crippen MR) is 94.7 cm³/mol. The molecule has 0 aliphatic carbocycles. The zero-order valence-electron chi connectivity index (χ0n) is 13.5. The third-order valence-electron chi connectivity index (χ3n) is 3.80. The number of nitrogens with zero attached hydrogens (tertiary/aromatic N) is 2. The third kappa shape index (κ3) is 3.34. The molecule has 5 nitrogen and oxygen atoms in total. The number of carbonyl (C=O) groups excluding carboxylic acids is 1. The van der Waals surface area contributed by atoms with Gasteiger partial charge in [0, 0.05) is 11.5 Å². The first-order valence-corrected chi connectivity index (χ1v) is 8.24. The Morgan fingerprint density at radius 2 is 1.96 bits per heavy atom. The van der Waals surface area contributed by atoms with E-state index in [1.165, 1.54) is 7.11 Å². The van der Waals surface area contributed by atoms with Gasteiger partial charge in [0.15, 0.2) is 0 Å². The molecule has 24 heavy (non-hydrogen) atoms. The van der Waals surface area contributed by atoms with Crippen molar-refractivity contribution in [3.8, 4) is 0 Å². The Hall–Kier alpha value is -2.18. The normalized spacial score (nSPS) is 11.0. The monoisotopic (exact) mass is 388 g/mol. The van der Waals surface area contributed by atoms with Gasteiger partial charge < -0.3 is 14.0 Å². The van der Waals surface area contributed by atoms with E-state index in [9.17, 15) is 4.79 Å². The van der Waals surface area contributed by atoms with E-state index in [-0.39, 0.29) is 5.97 Å². The van der Waals surface area contributed by atoms with Crippen LogP contribution in [0.3, 0.4) is 0 Å². The molecule has 0 radical (unpaired) electrons. The first-order valence-electron chi connectivity index (χ1n) is 7.45. The number of ether oxygens (including phenoxy) is 2. The molecule has 3 aromatic rings. The first kappa shape index (κ1) is 16.7. The summed E-state index contributed by atoms with van der Waals surface area (Å²) in [5, 5.41) is 0. The van der Waals surface area contributed by atoms with Crippen LogP contribution in [0.2, 0.25) is 0 Å². The number of halogens is 1. The summed E-state index contributed by atoms with van der Waals surface area (Å²) in [5.41, 5.74) is 3.24. The van der Waals surface area contributed by atoms with Crippen LogP contribution in [0.15, 0.2) is 46.9 Å². The van der Waals surface area contributed by atoms with Gasteiger partial charge in [0.05, 0.1) is 24.8 Å². The van der Waals surface area contributed by atoms with Crippen molar-refractivity contribution < 1.29 is 14.3 Å². The van der Waals surface area contributed by atoms with Crippen molar-refractivity contribution in [2.75, 3.05) is 7.11 Å². The molecule has 0 fully saturated rings. The number of carbonyl (C=O) groups is 1. The molecule has 1 heterocycles. The van der Waals surface area contributed by atoms with Crippen molar-refractivity contribution in [3.05, 3.63) is 63.9 Å². The molecule has 0 atom stereocenters. The van der Waals surface area contributed by atoms with Gasteiger partial charge >= 0.3 is 5.97 Å². The molecule has 124 valence electrons. The number of methoxy groups -OCH3 is 1. The van der Waals surface area contributed by atoms with E-state index < -0.39 is 0 Å². The van der Waals surface area contributed by atoms with Gasteiger partial charge in [0.1, 0.15) is 17.9 Å². The summed E-state index contributed by atoms with van der Waals surface area (Å²) in [5.74, 6) is 0.421. The van der Waals surface area contributed by atoms with Gasteiger partial charge in [-0.3, -0.25) is 0 Å². The number of rotatable bonds is 5. The van der Waals surface area contributed by atoms with Gasteiger partial charge in [-0.1, -0.05) is 30.3 Å². The smallest absolute Gasteiger partial charge is 0.337 e. The fraction of sp³-hybridized carbons (Fsp3) is 0.222. The van der Waals surface area contributed by atoms with Gasteiger partial charge in [-0.2, -0.15) is 0 Å². The Labute approximate surface area is 148 Å². The molecule has 0 unspecified atom stereocenters. The Morgan fingerprint density at radius 1 is 1.21 bits per heavy atom.